The zero-order valence-electron chi connectivity index (χ0n) is 15.1. The highest BCUT2D eigenvalue weighted by Gasteiger charge is 2.34. The summed E-state index contributed by atoms with van der Waals surface area (Å²) in [6.07, 6.45) is 3.80. The second-order valence-corrected chi connectivity index (χ2v) is 7.09. The fourth-order valence-electron chi connectivity index (χ4n) is 3.65. The Hall–Kier alpha value is -2.30. The van der Waals surface area contributed by atoms with Crippen molar-refractivity contribution in [3.8, 4) is 0 Å². The average molecular weight is 378 g/mol. The lowest BCUT2D eigenvalue weighted by molar-refractivity contribution is -0.0568. The number of likely N-dealkylation sites (N-methyl/N-ethyl adjacent to an activating group) is 1. The van der Waals surface area contributed by atoms with Crippen molar-refractivity contribution in [1.82, 2.24) is 24.8 Å². The molecule has 4 heterocycles. The minimum atomic E-state index is -0.557. The van der Waals surface area contributed by atoms with E-state index in [0.717, 1.165) is 31.8 Å². The van der Waals surface area contributed by atoms with Crippen molar-refractivity contribution < 1.29 is 18.7 Å². The molecule has 0 bridgehead atoms. The number of halogens is 1. The number of nitrogens with zero attached hydrogens (tertiary/aromatic N) is 4. The van der Waals surface area contributed by atoms with Crippen molar-refractivity contribution in [2.75, 3.05) is 39.1 Å². The molecule has 3 unspecified atom stereocenters. The minimum Gasteiger partial charge on any atom is -0.381 e. The van der Waals surface area contributed by atoms with Crippen LogP contribution >= 0.6 is 0 Å². The Morgan fingerprint density at radius 2 is 2.33 bits per heavy atom. The van der Waals surface area contributed by atoms with Crippen LogP contribution in [0.5, 0.6) is 0 Å². The Balaban J connectivity index is 1.53. The van der Waals surface area contributed by atoms with Crippen LogP contribution < -0.4 is 11.1 Å². The van der Waals surface area contributed by atoms with Crippen molar-refractivity contribution in [3.63, 3.8) is 0 Å². The Morgan fingerprint density at radius 1 is 1.48 bits per heavy atom. The predicted molar refractivity (Wildman–Crippen MR) is 94.8 cm³/mol. The first-order valence-corrected chi connectivity index (χ1v) is 9.03. The van der Waals surface area contributed by atoms with Crippen LogP contribution in [0.1, 0.15) is 23.2 Å². The van der Waals surface area contributed by atoms with Gasteiger partial charge >= 0.3 is 0 Å². The van der Waals surface area contributed by atoms with E-state index in [9.17, 15) is 9.18 Å². The third-order valence-corrected chi connectivity index (χ3v) is 5.02. The summed E-state index contributed by atoms with van der Waals surface area (Å²) in [6.45, 7) is 2.84. The van der Waals surface area contributed by atoms with E-state index in [-0.39, 0.29) is 35.3 Å². The van der Waals surface area contributed by atoms with Gasteiger partial charge < -0.3 is 25.4 Å². The van der Waals surface area contributed by atoms with Gasteiger partial charge in [0.25, 0.3) is 5.91 Å². The van der Waals surface area contributed by atoms with Crippen LogP contribution in [0.15, 0.2) is 12.4 Å². The maximum absolute atomic E-state index is 13.3. The lowest BCUT2D eigenvalue weighted by Gasteiger charge is -2.38. The normalized spacial score (nSPS) is 26.5. The topological polar surface area (TPSA) is 107 Å². The Bertz CT molecular complexity index is 837. The van der Waals surface area contributed by atoms with Crippen LogP contribution in [0.2, 0.25) is 0 Å². The molecule has 27 heavy (non-hydrogen) atoms. The standard InChI is InChI=1S/C17H23FN6O3/c1-23-4-2-13(27-11-3-5-26-9-11)12(8-23)21-17(25)14-15(19)22-24-7-10(18)6-20-16(14)24/h6-7,11-13H,2-5,8-9H2,1H3,(H2,19,22)(H,21,25). The fourth-order valence-corrected chi connectivity index (χ4v) is 3.65. The maximum Gasteiger partial charge on any atom is 0.259 e. The second-order valence-electron chi connectivity index (χ2n) is 7.09. The van der Waals surface area contributed by atoms with Crippen molar-refractivity contribution in [2.24, 2.45) is 0 Å². The first kappa shape index (κ1) is 18.1. The first-order chi connectivity index (χ1) is 13.0. The predicted octanol–water partition coefficient (Wildman–Crippen LogP) is 0.0586. The average Bonchev–Trinajstić information content (AvgIpc) is 3.23. The highest BCUT2D eigenvalue weighted by Crippen LogP contribution is 2.21. The van der Waals surface area contributed by atoms with Crippen molar-refractivity contribution in [3.05, 3.63) is 23.8 Å². The molecule has 10 heteroatoms. The van der Waals surface area contributed by atoms with E-state index >= 15 is 0 Å². The number of nitrogen functional groups attached to an aromatic ring is 1. The monoisotopic (exact) mass is 378 g/mol. The molecule has 146 valence electrons. The number of rotatable bonds is 4. The van der Waals surface area contributed by atoms with Crippen molar-refractivity contribution in [1.29, 1.82) is 0 Å². The molecular weight excluding hydrogens is 355 g/mol. The third kappa shape index (κ3) is 3.73. The number of aromatic nitrogens is 3. The van der Waals surface area contributed by atoms with Gasteiger partial charge in [0.05, 0.1) is 37.3 Å². The summed E-state index contributed by atoms with van der Waals surface area (Å²) in [5.74, 6) is -0.937. The van der Waals surface area contributed by atoms with Gasteiger partial charge in [0.1, 0.15) is 5.56 Å². The van der Waals surface area contributed by atoms with Gasteiger partial charge in [0, 0.05) is 19.7 Å². The molecule has 0 radical (unpaired) electrons. The first-order valence-electron chi connectivity index (χ1n) is 9.03. The zero-order chi connectivity index (χ0) is 19.0. The molecule has 2 fully saturated rings. The summed E-state index contributed by atoms with van der Waals surface area (Å²) in [7, 11) is 2.00. The summed E-state index contributed by atoms with van der Waals surface area (Å²) < 4.78 is 26.1. The molecular formula is C17H23FN6O3. The second kappa shape index (κ2) is 7.37. The number of amides is 1. The van der Waals surface area contributed by atoms with E-state index in [1.54, 1.807) is 0 Å². The van der Waals surface area contributed by atoms with E-state index < -0.39 is 11.7 Å². The summed E-state index contributed by atoms with van der Waals surface area (Å²) in [6, 6.07) is -0.202. The van der Waals surface area contributed by atoms with Crippen LogP contribution in [-0.2, 0) is 9.47 Å². The number of carbonyl (C=O) groups is 1. The molecule has 9 nitrogen and oxygen atoms in total. The highest BCUT2D eigenvalue weighted by molar-refractivity contribution is 6.04. The molecule has 2 aromatic rings. The molecule has 0 aliphatic carbocycles. The van der Waals surface area contributed by atoms with Crippen molar-refractivity contribution in [2.45, 2.75) is 31.1 Å². The molecule has 0 spiro atoms. The largest absolute Gasteiger partial charge is 0.381 e. The lowest BCUT2D eigenvalue weighted by Crippen LogP contribution is -2.55. The lowest BCUT2D eigenvalue weighted by atomic mass is 10.0. The molecule has 1 amide bonds. The van der Waals surface area contributed by atoms with Crippen LogP contribution in [0.3, 0.4) is 0 Å². The minimum absolute atomic E-state index is 0.0106. The summed E-state index contributed by atoms with van der Waals surface area (Å²) >= 11 is 0. The SMILES string of the molecule is CN1CCC(OC2CCOC2)C(NC(=O)c2c(N)nn3cc(F)cnc23)C1. The molecule has 0 saturated carbocycles. The van der Waals surface area contributed by atoms with Crippen LogP contribution in [0.4, 0.5) is 10.2 Å². The van der Waals surface area contributed by atoms with E-state index in [1.807, 2.05) is 7.05 Å². The van der Waals surface area contributed by atoms with Gasteiger partial charge in [-0.25, -0.2) is 13.9 Å². The van der Waals surface area contributed by atoms with E-state index in [4.69, 9.17) is 15.2 Å². The molecule has 0 aromatic carbocycles. The number of fused-ring (bicyclic) bond motifs is 1. The number of hydrogen-bond acceptors (Lipinski definition) is 7. The smallest absolute Gasteiger partial charge is 0.259 e. The van der Waals surface area contributed by atoms with E-state index in [0.29, 0.717) is 19.8 Å². The number of likely N-dealkylation sites (tertiary alicyclic amines) is 1. The maximum atomic E-state index is 13.3. The van der Waals surface area contributed by atoms with E-state index in [2.05, 4.69) is 20.3 Å². The Kier molecular flexibility index (Phi) is 4.94. The molecule has 3 atom stereocenters. The fraction of sp³-hybridized carbons (Fsp3) is 0.588. The summed E-state index contributed by atoms with van der Waals surface area (Å²) in [5, 5.41) is 6.99. The van der Waals surface area contributed by atoms with Crippen LogP contribution in [0.25, 0.3) is 5.65 Å². The Morgan fingerprint density at radius 3 is 3.11 bits per heavy atom. The molecule has 2 aromatic heterocycles. The molecule has 3 N–H and O–H groups in total. The number of carbonyl (C=O) groups excluding carboxylic acids is 1. The third-order valence-electron chi connectivity index (χ3n) is 5.02. The number of anilines is 1. The number of nitrogens with one attached hydrogen (secondary N) is 1. The van der Waals surface area contributed by atoms with Crippen molar-refractivity contribution >= 4 is 17.4 Å². The van der Waals surface area contributed by atoms with Gasteiger partial charge in [0.15, 0.2) is 17.3 Å². The zero-order valence-corrected chi connectivity index (χ0v) is 15.1. The van der Waals surface area contributed by atoms with E-state index in [1.165, 1.54) is 4.52 Å². The van der Waals surface area contributed by atoms with Gasteiger partial charge in [0.2, 0.25) is 0 Å². The highest BCUT2D eigenvalue weighted by atomic mass is 19.1. The quantitative estimate of drug-likeness (QED) is 0.775. The molecule has 2 aliphatic heterocycles. The van der Waals surface area contributed by atoms with Gasteiger partial charge in [-0.05, 0) is 19.9 Å². The Labute approximate surface area is 155 Å². The summed E-state index contributed by atoms with van der Waals surface area (Å²) in [4.78, 5) is 19.0. The van der Waals surface area contributed by atoms with Gasteiger partial charge in [-0.15, -0.1) is 5.10 Å². The van der Waals surface area contributed by atoms with Gasteiger partial charge in [-0.1, -0.05) is 0 Å². The van der Waals surface area contributed by atoms with Gasteiger partial charge in [-0.3, -0.25) is 4.79 Å². The number of hydrogen-bond donors (Lipinski definition) is 2. The van der Waals surface area contributed by atoms with Crippen LogP contribution in [0, 0.1) is 5.82 Å². The number of piperidine rings is 1. The number of nitrogens with two attached hydrogens (primary N) is 1. The molecule has 2 aliphatic rings. The number of ether oxygens (including phenoxy) is 2. The van der Waals surface area contributed by atoms with Crippen LogP contribution in [-0.4, -0.2) is 77.0 Å². The summed E-state index contributed by atoms with van der Waals surface area (Å²) in [5.41, 5.74) is 6.25. The van der Waals surface area contributed by atoms with Gasteiger partial charge in [-0.2, -0.15) is 0 Å². The molecule has 2 saturated heterocycles. The molecule has 4 rings (SSSR count).